The van der Waals surface area contributed by atoms with Crippen molar-refractivity contribution in [1.29, 1.82) is 5.41 Å². The van der Waals surface area contributed by atoms with E-state index >= 15 is 0 Å². The van der Waals surface area contributed by atoms with Crippen LogP contribution in [-0.4, -0.2) is 62.9 Å². The summed E-state index contributed by atoms with van der Waals surface area (Å²) in [5, 5.41) is 18.3. The Morgan fingerprint density at radius 3 is 2.60 bits per heavy atom. The summed E-state index contributed by atoms with van der Waals surface area (Å²) in [6.07, 6.45) is 1.76. The minimum Gasteiger partial charge on any atom is -0.378 e. The van der Waals surface area contributed by atoms with Crippen LogP contribution in [0.3, 0.4) is 0 Å². The lowest BCUT2D eigenvalue weighted by molar-refractivity contribution is -0.114. The molecule has 0 atom stereocenters. The Kier molecular flexibility index (Phi) is 5.31. The second-order valence-electron chi connectivity index (χ2n) is 8.70. The van der Waals surface area contributed by atoms with Gasteiger partial charge in [-0.2, -0.15) is 10.0 Å². The van der Waals surface area contributed by atoms with Crippen LogP contribution in [0.1, 0.15) is 17.0 Å². The van der Waals surface area contributed by atoms with Gasteiger partial charge in [-0.1, -0.05) is 30.3 Å². The number of hydrogen-bond donors (Lipinski definition) is 1. The molecule has 2 aromatic carbocycles. The first kappa shape index (κ1) is 21.8. The molecule has 1 saturated heterocycles. The van der Waals surface area contributed by atoms with Gasteiger partial charge in [0.2, 0.25) is 5.17 Å². The number of nitrogens with one attached hydrogen (secondary N) is 1. The number of aromatic nitrogens is 1. The molecule has 35 heavy (non-hydrogen) atoms. The van der Waals surface area contributed by atoms with Crippen LogP contribution in [0.5, 0.6) is 0 Å². The monoisotopic (exact) mass is 484 g/mol. The Bertz CT molecular complexity index is 1480. The van der Waals surface area contributed by atoms with Crippen LogP contribution in [0, 0.1) is 19.3 Å². The quantitative estimate of drug-likeness (QED) is 0.552. The van der Waals surface area contributed by atoms with Crippen molar-refractivity contribution in [2.45, 2.75) is 13.8 Å². The molecule has 6 rings (SSSR count). The van der Waals surface area contributed by atoms with Gasteiger partial charge in [0.15, 0.2) is 11.0 Å². The van der Waals surface area contributed by atoms with E-state index in [1.165, 1.54) is 27.5 Å². The zero-order valence-corrected chi connectivity index (χ0v) is 20.3. The minimum absolute atomic E-state index is 0.0475. The highest BCUT2D eigenvalue weighted by molar-refractivity contribution is 8.26. The first-order chi connectivity index (χ1) is 17.0. The van der Waals surface area contributed by atoms with E-state index in [9.17, 15) is 4.79 Å². The summed E-state index contributed by atoms with van der Waals surface area (Å²) in [6, 6.07) is 16.7. The fraction of sp³-hybridized carbons (Fsp3) is 0.231. The molecular formula is C26H24N6O2S. The van der Waals surface area contributed by atoms with Crippen molar-refractivity contribution in [3.8, 4) is 5.69 Å². The van der Waals surface area contributed by atoms with E-state index in [0.717, 1.165) is 40.9 Å². The number of fused-ring (bicyclic) bond motifs is 2. The lowest BCUT2D eigenvalue weighted by Gasteiger charge is -2.26. The van der Waals surface area contributed by atoms with Gasteiger partial charge in [-0.05, 0) is 66.2 Å². The second-order valence-corrected chi connectivity index (χ2v) is 9.63. The molecule has 3 aliphatic heterocycles. The Morgan fingerprint density at radius 2 is 1.80 bits per heavy atom. The summed E-state index contributed by atoms with van der Waals surface area (Å²) in [7, 11) is 0. The molecule has 1 N–H and O–H groups in total. The third kappa shape index (κ3) is 3.77. The lowest BCUT2D eigenvalue weighted by Crippen LogP contribution is -2.39. The van der Waals surface area contributed by atoms with Gasteiger partial charge in [-0.25, -0.2) is 0 Å². The number of thioether (sulfide) groups is 1. The number of hydrogen-bond acceptors (Lipinski definition) is 6. The van der Waals surface area contributed by atoms with Gasteiger partial charge in [0.1, 0.15) is 0 Å². The molecule has 1 fully saturated rings. The summed E-state index contributed by atoms with van der Waals surface area (Å²) < 4.78 is 7.59. The highest BCUT2D eigenvalue weighted by Gasteiger charge is 2.37. The van der Waals surface area contributed by atoms with Crippen LogP contribution >= 0.6 is 11.8 Å². The first-order valence-electron chi connectivity index (χ1n) is 11.5. The highest BCUT2D eigenvalue weighted by atomic mass is 32.2. The summed E-state index contributed by atoms with van der Waals surface area (Å²) in [4.78, 5) is 19.3. The molecule has 8 nitrogen and oxygen atoms in total. The third-order valence-corrected chi connectivity index (χ3v) is 7.46. The van der Waals surface area contributed by atoms with E-state index in [-0.39, 0.29) is 11.4 Å². The van der Waals surface area contributed by atoms with Crippen LogP contribution in [0.25, 0.3) is 22.5 Å². The Morgan fingerprint density at radius 1 is 1.03 bits per heavy atom. The molecule has 0 spiro atoms. The third-order valence-electron chi connectivity index (χ3n) is 6.49. The number of amidine groups is 3. The number of rotatable bonds is 2. The number of morpholine rings is 1. The zero-order valence-electron chi connectivity index (χ0n) is 19.5. The number of amides is 1. The van der Waals surface area contributed by atoms with Crippen molar-refractivity contribution < 1.29 is 9.53 Å². The van der Waals surface area contributed by atoms with Crippen molar-refractivity contribution in [1.82, 2.24) is 14.5 Å². The van der Waals surface area contributed by atoms with Crippen molar-refractivity contribution in [2.24, 2.45) is 10.1 Å². The largest absolute Gasteiger partial charge is 0.378 e. The van der Waals surface area contributed by atoms with Crippen LogP contribution < -0.4 is 0 Å². The maximum absolute atomic E-state index is 12.9. The molecule has 3 aliphatic rings. The number of aliphatic imine (C=N–C) groups is 1. The average molecular weight is 485 g/mol. The summed E-state index contributed by atoms with van der Waals surface area (Å²) in [5.74, 6) is -0.367. The molecule has 176 valence electrons. The van der Waals surface area contributed by atoms with E-state index in [2.05, 4.69) is 49.9 Å². The predicted molar refractivity (Wildman–Crippen MR) is 140 cm³/mol. The molecule has 9 heteroatoms. The maximum Gasteiger partial charge on any atom is 0.283 e. The smallest absolute Gasteiger partial charge is 0.283 e. The van der Waals surface area contributed by atoms with Crippen molar-refractivity contribution in [3.63, 3.8) is 0 Å². The fourth-order valence-electron chi connectivity index (χ4n) is 4.67. The van der Waals surface area contributed by atoms with Crippen molar-refractivity contribution in [2.75, 3.05) is 26.3 Å². The molecule has 0 radical (unpaired) electrons. The SMILES string of the molecule is Cc1cc(/C=C2/C(=N)N3N=C(N4CCOCC4)SC3=NC2=O)c(C)n1-c1ccc2ccccc2c1. The Labute approximate surface area is 207 Å². The minimum atomic E-state index is -0.414. The molecule has 0 bridgehead atoms. The summed E-state index contributed by atoms with van der Waals surface area (Å²) in [5.41, 5.74) is 4.22. The molecule has 3 aromatic rings. The Hall–Kier alpha value is -3.69. The van der Waals surface area contributed by atoms with Gasteiger partial charge in [-0.3, -0.25) is 10.2 Å². The number of benzene rings is 2. The van der Waals surface area contributed by atoms with Crippen LogP contribution in [0.4, 0.5) is 0 Å². The van der Waals surface area contributed by atoms with Crippen LogP contribution in [0.2, 0.25) is 0 Å². The van der Waals surface area contributed by atoms with Crippen LogP contribution in [0.15, 0.2) is 64.2 Å². The molecule has 0 aliphatic carbocycles. The van der Waals surface area contributed by atoms with Gasteiger partial charge in [0, 0.05) is 30.2 Å². The normalized spacial score (nSPS) is 19.4. The van der Waals surface area contributed by atoms with E-state index in [0.29, 0.717) is 18.4 Å². The number of aryl methyl sites for hydroxylation is 1. The first-order valence-corrected chi connectivity index (χ1v) is 12.3. The van der Waals surface area contributed by atoms with Crippen molar-refractivity contribution in [3.05, 3.63) is 71.1 Å². The standard InChI is InChI=1S/C26H24N6O2S/c1-16-13-20(17(2)31(16)21-8-7-18-5-3-4-6-19(18)14-21)15-22-23(27)32-25(28-24(22)33)35-26(29-32)30-9-11-34-12-10-30/h3-8,13-15,27H,9-12H2,1-2H3/b22-15-,27-23?. The maximum atomic E-state index is 12.9. The topological polar surface area (TPSA) is 86.3 Å². The molecule has 1 amide bonds. The van der Waals surface area contributed by atoms with Gasteiger partial charge in [0.25, 0.3) is 5.91 Å². The average Bonchev–Trinajstić information content (AvgIpc) is 3.42. The number of carbonyl (C=O) groups excluding carboxylic acids is 1. The van der Waals surface area contributed by atoms with Crippen LogP contribution in [-0.2, 0) is 9.53 Å². The second kappa shape index (κ2) is 8.51. The predicted octanol–water partition coefficient (Wildman–Crippen LogP) is 4.16. The number of hydrazone groups is 1. The molecule has 0 unspecified atom stereocenters. The summed E-state index contributed by atoms with van der Waals surface area (Å²) >= 11 is 1.33. The number of ether oxygens (including phenoxy) is 1. The van der Waals surface area contributed by atoms with Gasteiger partial charge in [-0.15, -0.1) is 5.10 Å². The van der Waals surface area contributed by atoms with E-state index in [1.807, 2.05) is 32.0 Å². The number of nitrogens with zero attached hydrogens (tertiary/aromatic N) is 5. The van der Waals surface area contributed by atoms with Crippen molar-refractivity contribution >= 4 is 50.7 Å². The van der Waals surface area contributed by atoms with Gasteiger partial charge in [0.05, 0.1) is 18.8 Å². The molecule has 4 heterocycles. The van der Waals surface area contributed by atoms with E-state index < -0.39 is 5.91 Å². The fourth-order valence-corrected chi connectivity index (χ4v) is 5.61. The molecular weight excluding hydrogens is 460 g/mol. The number of carbonyl (C=O) groups is 1. The zero-order chi connectivity index (χ0) is 24.1. The molecule has 1 aromatic heterocycles. The van der Waals surface area contributed by atoms with E-state index in [1.54, 1.807) is 6.08 Å². The van der Waals surface area contributed by atoms with E-state index in [4.69, 9.17) is 10.1 Å². The summed E-state index contributed by atoms with van der Waals surface area (Å²) in [6.45, 7) is 6.82. The highest BCUT2D eigenvalue weighted by Crippen LogP contribution is 2.31. The van der Waals surface area contributed by atoms with Gasteiger partial charge >= 0.3 is 0 Å². The lowest BCUT2D eigenvalue weighted by atomic mass is 10.1. The Balaban J connectivity index is 1.34. The molecule has 0 saturated carbocycles. The van der Waals surface area contributed by atoms with Gasteiger partial charge < -0.3 is 14.2 Å².